The molecule has 1 saturated heterocycles. The summed E-state index contributed by atoms with van der Waals surface area (Å²) in [6.07, 6.45) is 2.22. The van der Waals surface area contributed by atoms with Crippen LogP contribution in [-0.4, -0.2) is 43.0 Å². The summed E-state index contributed by atoms with van der Waals surface area (Å²) in [5, 5.41) is 0. The molecule has 36 heavy (non-hydrogen) atoms. The minimum atomic E-state index is -4.40. The number of hydrogen-bond donors (Lipinski definition) is 2. The normalized spacial score (nSPS) is 17.1. The third-order valence-electron chi connectivity index (χ3n) is 6.82. The third kappa shape index (κ3) is 4.73. The smallest absolute Gasteiger partial charge is 0.269 e. The summed E-state index contributed by atoms with van der Waals surface area (Å²) < 4.78 is 33.5. The number of aromatic nitrogens is 2. The number of nitrogens with one attached hydrogen (secondary N) is 2. The second-order valence-corrected chi connectivity index (χ2v) is 10.9. The molecule has 0 bridgehead atoms. The Morgan fingerprint density at radius 2 is 1.94 bits per heavy atom. The number of sulfonamides is 1. The Labute approximate surface area is 210 Å². The van der Waals surface area contributed by atoms with Crippen LogP contribution in [0.1, 0.15) is 44.5 Å². The molecule has 0 aliphatic carbocycles. The van der Waals surface area contributed by atoms with Crippen LogP contribution in [0.3, 0.4) is 0 Å². The summed E-state index contributed by atoms with van der Waals surface area (Å²) in [5.41, 5.74) is 0.332. The van der Waals surface area contributed by atoms with Gasteiger partial charge in [0.1, 0.15) is 11.6 Å². The molecular weight excluding hydrogens is 480 g/mol. The summed E-state index contributed by atoms with van der Waals surface area (Å²) in [6, 6.07) is 13.3. The largest absolute Gasteiger partial charge is 0.493 e. The zero-order chi connectivity index (χ0) is 26.1. The molecule has 1 atom stereocenters. The molecular formula is C26H30N4O5S. The molecule has 4 rings (SSSR count). The molecule has 3 aromatic rings. The summed E-state index contributed by atoms with van der Waals surface area (Å²) in [7, 11) is -4.40. The van der Waals surface area contributed by atoms with E-state index in [1.807, 2.05) is 40.8 Å². The van der Waals surface area contributed by atoms with Crippen molar-refractivity contribution >= 4 is 21.7 Å². The van der Waals surface area contributed by atoms with Crippen LogP contribution in [0.4, 0.5) is 5.82 Å². The summed E-state index contributed by atoms with van der Waals surface area (Å²) >= 11 is 0. The van der Waals surface area contributed by atoms with Gasteiger partial charge in [-0.3, -0.25) is 9.59 Å². The fourth-order valence-electron chi connectivity index (χ4n) is 4.40. The molecule has 1 fully saturated rings. The van der Waals surface area contributed by atoms with Gasteiger partial charge in [0.2, 0.25) is 0 Å². The van der Waals surface area contributed by atoms with Crippen molar-refractivity contribution in [2.24, 2.45) is 5.92 Å². The van der Waals surface area contributed by atoms with E-state index in [-0.39, 0.29) is 11.1 Å². The fourth-order valence-corrected chi connectivity index (χ4v) is 5.42. The van der Waals surface area contributed by atoms with E-state index in [0.29, 0.717) is 36.3 Å². The van der Waals surface area contributed by atoms with Crippen LogP contribution in [0.5, 0.6) is 5.75 Å². The highest BCUT2D eigenvalue weighted by atomic mass is 32.2. The molecule has 190 valence electrons. The highest BCUT2D eigenvalue weighted by molar-refractivity contribution is 7.90. The molecule has 0 radical (unpaired) electrons. The SMILES string of the molecule is CCOc1ccccc1-c1ccc(C(=O)NS(=O)(=O)c2ccc[nH]c2=O)c(N2CCC(C)C2(C)C)n1. The van der Waals surface area contributed by atoms with Gasteiger partial charge in [-0.15, -0.1) is 0 Å². The lowest BCUT2D eigenvalue weighted by Gasteiger charge is -2.36. The van der Waals surface area contributed by atoms with Gasteiger partial charge in [0.05, 0.1) is 17.9 Å². The monoisotopic (exact) mass is 510 g/mol. The van der Waals surface area contributed by atoms with Gasteiger partial charge >= 0.3 is 0 Å². The first-order chi connectivity index (χ1) is 17.1. The Hall–Kier alpha value is -3.66. The van der Waals surface area contributed by atoms with Crippen molar-refractivity contribution in [3.63, 3.8) is 0 Å². The molecule has 2 N–H and O–H groups in total. The van der Waals surface area contributed by atoms with Crippen molar-refractivity contribution in [2.75, 3.05) is 18.1 Å². The van der Waals surface area contributed by atoms with Gasteiger partial charge in [0, 0.05) is 23.8 Å². The number of ether oxygens (including phenoxy) is 1. The van der Waals surface area contributed by atoms with Crippen LogP contribution < -0.4 is 19.9 Å². The number of carbonyl (C=O) groups is 1. The molecule has 10 heteroatoms. The number of H-pyrrole nitrogens is 1. The van der Waals surface area contributed by atoms with Gasteiger partial charge < -0.3 is 14.6 Å². The van der Waals surface area contributed by atoms with Crippen LogP contribution in [0.2, 0.25) is 0 Å². The lowest BCUT2D eigenvalue weighted by Crippen LogP contribution is -2.44. The average Bonchev–Trinajstić information content (AvgIpc) is 3.11. The van der Waals surface area contributed by atoms with Crippen LogP contribution >= 0.6 is 0 Å². The molecule has 2 aromatic heterocycles. The average molecular weight is 511 g/mol. The number of aromatic amines is 1. The Morgan fingerprint density at radius 1 is 1.19 bits per heavy atom. The molecule has 1 aromatic carbocycles. The van der Waals surface area contributed by atoms with Gasteiger partial charge in [0.25, 0.3) is 21.5 Å². The maximum Gasteiger partial charge on any atom is 0.269 e. The minimum Gasteiger partial charge on any atom is -0.493 e. The first kappa shape index (κ1) is 25.4. The molecule has 1 unspecified atom stereocenters. The highest BCUT2D eigenvalue weighted by Crippen LogP contribution is 2.40. The van der Waals surface area contributed by atoms with E-state index in [1.54, 1.807) is 12.1 Å². The standard InChI is InChI=1S/C26H30N4O5S/c1-5-35-21-10-7-6-9-18(21)20-13-12-19(23(28-20)30-16-14-17(2)26(30,3)4)24(31)29-36(33,34)22-11-8-15-27-25(22)32/h6-13,15,17H,5,14,16H2,1-4H3,(H,27,32)(H,29,31). The zero-order valence-corrected chi connectivity index (χ0v) is 21.6. The van der Waals surface area contributed by atoms with Crippen molar-refractivity contribution in [3.05, 3.63) is 70.6 Å². The van der Waals surface area contributed by atoms with Gasteiger partial charge in [-0.1, -0.05) is 19.1 Å². The number of benzene rings is 1. The first-order valence-electron chi connectivity index (χ1n) is 11.8. The maximum absolute atomic E-state index is 13.3. The number of amides is 1. The number of pyridine rings is 2. The first-order valence-corrected chi connectivity index (χ1v) is 13.3. The van der Waals surface area contributed by atoms with Crippen LogP contribution in [0.15, 0.2) is 64.4 Å². The number of nitrogens with zero attached hydrogens (tertiary/aromatic N) is 2. The van der Waals surface area contributed by atoms with Crippen molar-refractivity contribution < 1.29 is 17.9 Å². The molecule has 1 aliphatic heterocycles. The topological polar surface area (TPSA) is 121 Å². The Morgan fingerprint density at radius 3 is 2.61 bits per heavy atom. The molecule has 0 spiro atoms. The van der Waals surface area contributed by atoms with Crippen molar-refractivity contribution in [2.45, 2.75) is 44.6 Å². The second kappa shape index (κ2) is 9.77. The second-order valence-electron chi connectivity index (χ2n) is 9.29. The number of hydrogen-bond acceptors (Lipinski definition) is 7. The van der Waals surface area contributed by atoms with Gasteiger partial charge in [0.15, 0.2) is 4.90 Å². The van der Waals surface area contributed by atoms with Crippen molar-refractivity contribution in [1.82, 2.24) is 14.7 Å². The van der Waals surface area contributed by atoms with E-state index in [1.165, 1.54) is 12.3 Å². The highest BCUT2D eigenvalue weighted by Gasteiger charge is 2.41. The van der Waals surface area contributed by atoms with E-state index in [2.05, 4.69) is 25.8 Å². The summed E-state index contributed by atoms with van der Waals surface area (Å²) in [4.78, 5) is 34.1. The van der Waals surface area contributed by atoms with Crippen LogP contribution in [0.25, 0.3) is 11.3 Å². The van der Waals surface area contributed by atoms with Gasteiger partial charge in [-0.25, -0.2) is 18.1 Å². The number of anilines is 1. The number of rotatable bonds is 7. The molecule has 3 heterocycles. The predicted molar refractivity (Wildman–Crippen MR) is 138 cm³/mol. The lowest BCUT2D eigenvalue weighted by atomic mass is 9.90. The zero-order valence-electron chi connectivity index (χ0n) is 20.7. The molecule has 0 saturated carbocycles. The summed E-state index contributed by atoms with van der Waals surface area (Å²) in [5.74, 6) is 0.500. The molecule has 9 nitrogen and oxygen atoms in total. The van der Waals surface area contributed by atoms with Crippen molar-refractivity contribution in [3.8, 4) is 17.0 Å². The lowest BCUT2D eigenvalue weighted by molar-refractivity contribution is 0.0981. The van der Waals surface area contributed by atoms with E-state index in [0.717, 1.165) is 18.1 Å². The third-order valence-corrected chi connectivity index (χ3v) is 8.18. The fraction of sp³-hybridized carbons (Fsp3) is 0.346. The molecule has 1 aliphatic rings. The Balaban J connectivity index is 1.81. The van der Waals surface area contributed by atoms with E-state index in [9.17, 15) is 18.0 Å². The predicted octanol–water partition coefficient (Wildman–Crippen LogP) is 3.58. The van der Waals surface area contributed by atoms with E-state index >= 15 is 0 Å². The minimum absolute atomic E-state index is 0.103. The van der Waals surface area contributed by atoms with Crippen molar-refractivity contribution in [1.29, 1.82) is 0 Å². The van der Waals surface area contributed by atoms with Gasteiger partial charge in [-0.2, -0.15) is 0 Å². The summed E-state index contributed by atoms with van der Waals surface area (Å²) in [6.45, 7) is 9.33. The Bertz CT molecular complexity index is 1450. The van der Waals surface area contributed by atoms with E-state index in [4.69, 9.17) is 9.72 Å². The number of para-hydroxylation sites is 1. The number of carbonyl (C=O) groups excluding carboxylic acids is 1. The maximum atomic E-state index is 13.3. The van der Waals surface area contributed by atoms with Crippen LogP contribution in [0, 0.1) is 5.92 Å². The Kier molecular flexibility index (Phi) is 6.90. The van der Waals surface area contributed by atoms with Crippen LogP contribution in [-0.2, 0) is 10.0 Å². The quantitative estimate of drug-likeness (QED) is 0.498. The van der Waals surface area contributed by atoms with Gasteiger partial charge in [-0.05, 0) is 69.5 Å². The molecule has 1 amide bonds. The van der Waals surface area contributed by atoms with E-state index < -0.39 is 26.4 Å².